The molecule has 0 amide bonds. The third-order valence-electron chi connectivity index (χ3n) is 2.18. The third kappa shape index (κ3) is 1.06. The Morgan fingerprint density at radius 1 is 1.58 bits per heavy atom. The summed E-state index contributed by atoms with van der Waals surface area (Å²) in [4.78, 5) is 12.0. The number of ketones is 1. The molecule has 0 saturated heterocycles. The van der Waals surface area contributed by atoms with Crippen LogP contribution in [0, 0.1) is 5.89 Å². The second-order valence-electron chi connectivity index (χ2n) is 2.96. The lowest BCUT2D eigenvalue weighted by atomic mass is 9.84. The molecule has 0 aliphatic heterocycles. The molecule has 1 unspecified atom stereocenters. The van der Waals surface area contributed by atoms with Crippen LogP contribution >= 0.6 is 0 Å². The molecule has 0 saturated carbocycles. The molecule has 1 aliphatic rings. The first kappa shape index (κ1) is 4.22. The highest BCUT2D eigenvalue weighted by molar-refractivity contribution is 5.99. The van der Waals surface area contributed by atoms with Crippen molar-refractivity contribution in [3.05, 3.63) is 35.4 Å². The molecule has 1 aromatic carbocycles. The molecule has 0 radical (unpaired) electrons. The lowest BCUT2D eigenvalue weighted by Crippen LogP contribution is -2.19. The van der Waals surface area contributed by atoms with Crippen molar-refractivity contribution in [3.8, 4) is 0 Å². The molecule has 12 heavy (non-hydrogen) atoms. The molecule has 62 valence electrons. The average molecular weight is 164 g/mol. The van der Waals surface area contributed by atoms with Crippen LogP contribution in [0.15, 0.2) is 24.3 Å². The molecule has 0 heterocycles. The summed E-state index contributed by atoms with van der Waals surface area (Å²) >= 11 is 0. The minimum Gasteiger partial charge on any atom is -0.294 e. The van der Waals surface area contributed by atoms with E-state index >= 15 is 0 Å². The second kappa shape index (κ2) is 2.74. The van der Waals surface area contributed by atoms with Crippen LogP contribution in [0.4, 0.5) is 0 Å². The summed E-state index contributed by atoms with van der Waals surface area (Å²) in [5.74, 6) is -2.55. The maximum Gasteiger partial charge on any atom is 0.165 e. The standard InChI is InChI=1S/C11H12O/c1-8-6-7-9-4-2-3-5-10(9)11(8)12/h2-5,8H,6-7H2,1H3/i1D3,8D. The third-order valence-corrected chi connectivity index (χ3v) is 2.18. The monoisotopic (exact) mass is 164 g/mol. The van der Waals surface area contributed by atoms with Gasteiger partial charge < -0.3 is 0 Å². The molecule has 0 bridgehead atoms. The van der Waals surface area contributed by atoms with Crippen molar-refractivity contribution >= 4 is 5.78 Å². The first-order valence-corrected chi connectivity index (χ1v) is 3.99. The minimum absolute atomic E-state index is 0.0688. The SMILES string of the molecule is [2H]C([2H])([2H])C1([2H])CCc2ccccc2C1=O. The number of rotatable bonds is 0. The van der Waals surface area contributed by atoms with Crippen molar-refractivity contribution in [2.24, 2.45) is 5.89 Å². The van der Waals surface area contributed by atoms with Crippen LogP contribution in [0.25, 0.3) is 0 Å². The molecule has 1 nitrogen and oxygen atoms in total. The number of hydrogen-bond donors (Lipinski definition) is 0. The van der Waals surface area contributed by atoms with Crippen LogP contribution < -0.4 is 0 Å². The number of fused-ring (bicyclic) bond motifs is 1. The number of aryl methyl sites for hydroxylation is 1. The van der Waals surface area contributed by atoms with Crippen LogP contribution in [-0.4, -0.2) is 5.78 Å². The fraction of sp³-hybridized carbons (Fsp3) is 0.364. The van der Waals surface area contributed by atoms with Gasteiger partial charge in [-0.3, -0.25) is 4.79 Å². The topological polar surface area (TPSA) is 17.1 Å². The Morgan fingerprint density at radius 2 is 2.42 bits per heavy atom. The molecule has 0 spiro atoms. The summed E-state index contributed by atoms with van der Waals surface area (Å²) in [6.45, 7) is -2.56. The Kier molecular flexibility index (Phi) is 0.963. The van der Waals surface area contributed by atoms with Gasteiger partial charge in [0.15, 0.2) is 5.78 Å². The molecule has 0 N–H and O–H groups in total. The van der Waals surface area contributed by atoms with Crippen molar-refractivity contribution in [1.82, 2.24) is 0 Å². The van der Waals surface area contributed by atoms with Crippen LogP contribution in [0.2, 0.25) is 0 Å². The Labute approximate surface area is 78.0 Å². The molecular weight excluding hydrogens is 148 g/mol. The van der Waals surface area contributed by atoms with Crippen molar-refractivity contribution in [3.63, 3.8) is 0 Å². The van der Waals surface area contributed by atoms with E-state index in [0.29, 0.717) is 12.0 Å². The van der Waals surface area contributed by atoms with Crippen LogP contribution in [0.3, 0.4) is 0 Å². The van der Waals surface area contributed by atoms with Gasteiger partial charge in [0.05, 0.1) is 0 Å². The molecule has 1 heteroatoms. The highest BCUT2D eigenvalue weighted by atomic mass is 16.1. The van der Waals surface area contributed by atoms with Gasteiger partial charge in [0.1, 0.15) is 0 Å². The summed E-state index contributed by atoms with van der Waals surface area (Å²) in [6, 6.07) is 6.93. The van der Waals surface area contributed by atoms with Gasteiger partial charge in [-0.25, -0.2) is 0 Å². The van der Waals surface area contributed by atoms with Gasteiger partial charge in [0, 0.05) is 16.9 Å². The van der Waals surface area contributed by atoms with E-state index in [1.807, 2.05) is 12.1 Å². The van der Waals surface area contributed by atoms with Crippen molar-refractivity contribution in [2.75, 3.05) is 0 Å². The van der Waals surface area contributed by atoms with Crippen molar-refractivity contribution < 1.29 is 10.3 Å². The highest BCUT2D eigenvalue weighted by Gasteiger charge is 2.22. The van der Waals surface area contributed by atoms with Gasteiger partial charge in [-0.2, -0.15) is 0 Å². The van der Waals surface area contributed by atoms with E-state index in [1.54, 1.807) is 12.1 Å². The summed E-state index contributed by atoms with van der Waals surface area (Å²) in [6.07, 6.45) is 0.545. The predicted octanol–water partition coefficient (Wildman–Crippen LogP) is 2.45. The zero-order valence-corrected chi connectivity index (χ0v) is 6.63. The minimum atomic E-state index is -2.56. The molecule has 1 atom stereocenters. The van der Waals surface area contributed by atoms with E-state index in [0.717, 1.165) is 5.56 Å². The summed E-state index contributed by atoms with van der Waals surface area (Å²) in [5, 5.41) is 0. The zero-order chi connectivity index (χ0) is 12.0. The first-order valence-electron chi connectivity index (χ1n) is 5.99. The van der Waals surface area contributed by atoms with Crippen molar-refractivity contribution in [1.29, 1.82) is 0 Å². The molecule has 0 aromatic heterocycles. The number of Topliss-reactive ketones (excluding diaryl/α,β-unsaturated/α-hetero) is 1. The quantitative estimate of drug-likeness (QED) is 0.575. The van der Waals surface area contributed by atoms with E-state index in [2.05, 4.69) is 0 Å². The fourth-order valence-electron chi connectivity index (χ4n) is 1.50. The van der Waals surface area contributed by atoms with E-state index in [-0.39, 0.29) is 6.42 Å². The van der Waals surface area contributed by atoms with Crippen LogP contribution in [0.5, 0.6) is 0 Å². The Bertz CT molecular complexity index is 438. The zero-order valence-electron chi connectivity index (χ0n) is 10.6. The van der Waals surface area contributed by atoms with Gasteiger partial charge in [-0.1, -0.05) is 31.1 Å². The predicted molar refractivity (Wildman–Crippen MR) is 48.3 cm³/mol. The number of benzene rings is 1. The van der Waals surface area contributed by atoms with Crippen LogP contribution in [0.1, 0.15) is 34.7 Å². The summed E-state index contributed by atoms with van der Waals surface area (Å²) in [5.41, 5.74) is 1.24. The van der Waals surface area contributed by atoms with Gasteiger partial charge in [0.25, 0.3) is 0 Å². The maximum atomic E-state index is 12.0. The molecule has 2 rings (SSSR count). The smallest absolute Gasteiger partial charge is 0.165 e. The number of carbonyl (C=O) groups excluding carboxylic acids is 1. The Hall–Kier alpha value is -1.11. The van der Waals surface area contributed by atoms with E-state index in [9.17, 15) is 4.79 Å². The molecule has 0 fully saturated rings. The first-order chi connectivity index (χ1) is 7.36. The van der Waals surface area contributed by atoms with E-state index in [4.69, 9.17) is 5.48 Å². The maximum absolute atomic E-state index is 12.0. The van der Waals surface area contributed by atoms with E-state index in [1.165, 1.54) is 0 Å². The van der Waals surface area contributed by atoms with Crippen LogP contribution in [-0.2, 0) is 6.42 Å². The molecule has 1 aromatic rings. The summed E-state index contributed by atoms with van der Waals surface area (Å²) < 4.78 is 29.9. The van der Waals surface area contributed by atoms with Gasteiger partial charge in [-0.05, 0) is 18.4 Å². The second-order valence-corrected chi connectivity index (χ2v) is 2.96. The van der Waals surface area contributed by atoms with Gasteiger partial charge in [0.2, 0.25) is 0 Å². The van der Waals surface area contributed by atoms with Crippen molar-refractivity contribution in [2.45, 2.75) is 19.7 Å². The van der Waals surface area contributed by atoms with Gasteiger partial charge in [-0.15, -0.1) is 0 Å². The molecular formula is C11H12O. The normalized spacial score (nSPS) is 34.2. The van der Waals surface area contributed by atoms with Gasteiger partial charge >= 0.3 is 0 Å². The van der Waals surface area contributed by atoms with E-state index < -0.39 is 18.5 Å². The Morgan fingerprint density at radius 3 is 3.25 bits per heavy atom. The lowest BCUT2D eigenvalue weighted by molar-refractivity contribution is 0.0913. The number of hydrogen-bond acceptors (Lipinski definition) is 1. The Balaban J connectivity index is 2.50. The fourth-order valence-corrected chi connectivity index (χ4v) is 1.50. The molecule has 1 aliphatic carbocycles. The average Bonchev–Trinajstić information content (AvgIpc) is 2.22. The summed E-state index contributed by atoms with van der Waals surface area (Å²) in [7, 11) is 0. The lowest BCUT2D eigenvalue weighted by Gasteiger charge is -2.19. The number of carbonyl (C=O) groups is 1. The largest absolute Gasteiger partial charge is 0.294 e. The highest BCUT2D eigenvalue weighted by Crippen LogP contribution is 2.24.